The zero-order valence-corrected chi connectivity index (χ0v) is 14.2. The normalized spacial score (nSPS) is 14.2. The van der Waals surface area contributed by atoms with Gasteiger partial charge in [-0.15, -0.1) is 0 Å². The number of nitrogens with zero attached hydrogens (tertiary/aromatic N) is 1. The number of anilines is 1. The summed E-state index contributed by atoms with van der Waals surface area (Å²) in [5, 5.41) is 2.97. The third kappa shape index (κ3) is 4.81. The zero-order valence-electron chi connectivity index (χ0n) is 14.2. The first-order valence-corrected chi connectivity index (χ1v) is 8.36. The van der Waals surface area contributed by atoms with Gasteiger partial charge < -0.3 is 15.0 Å². The third-order valence-electron chi connectivity index (χ3n) is 4.09. The Morgan fingerprint density at radius 2 is 1.79 bits per heavy atom. The Kier molecular flexibility index (Phi) is 6.35. The average Bonchev–Trinajstić information content (AvgIpc) is 3.05. The fourth-order valence-corrected chi connectivity index (χ4v) is 2.86. The van der Waals surface area contributed by atoms with Crippen molar-refractivity contribution in [1.29, 1.82) is 0 Å². The molecule has 1 fully saturated rings. The summed E-state index contributed by atoms with van der Waals surface area (Å²) in [7, 11) is 0. The summed E-state index contributed by atoms with van der Waals surface area (Å²) in [6, 6.07) is 6.71. The molecule has 6 nitrogen and oxygen atoms in total. The molecular formula is C18H24N2O4. The van der Waals surface area contributed by atoms with Gasteiger partial charge in [-0.1, -0.05) is 12.8 Å². The molecule has 6 heteroatoms. The lowest BCUT2D eigenvalue weighted by Gasteiger charge is -2.22. The second kappa shape index (κ2) is 8.47. The minimum atomic E-state index is -0.405. The Morgan fingerprint density at radius 3 is 2.33 bits per heavy atom. The summed E-state index contributed by atoms with van der Waals surface area (Å²) in [5.41, 5.74) is 0.997. The highest BCUT2D eigenvalue weighted by molar-refractivity contribution is 5.98. The maximum Gasteiger partial charge on any atom is 0.338 e. The standard InChI is InChI=1S/C18H24N2O4/c1-3-24-18(23)14-8-10-16(11-9-14)20(13(2)21)12-17(22)19-15-6-4-5-7-15/h8-11,15H,3-7,12H2,1-2H3,(H,19,22). The van der Waals surface area contributed by atoms with Crippen LogP contribution in [0, 0.1) is 0 Å². The van der Waals surface area contributed by atoms with E-state index in [4.69, 9.17) is 4.74 Å². The van der Waals surface area contributed by atoms with Gasteiger partial charge in [-0.2, -0.15) is 0 Å². The van der Waals surface area contributed by atoms with Gasteiger partial charge >= 0.3 is 5.97 Å². The number of benzene rings is 1. The highest BCUT2D eigenvalue weighted by Crippen LogP contribution is 2.19. The van der Waals surface area contributed by atoms with E-state index in [9.17, 15) is 14.4 Å². The molecule has 0 aromatic heterocycles. The molecule has 0 atom stereocenters. The van der Waals surface area contributed by atoms with Crippen LogP contribution in [0.1, 0.15) is 49.9 Å². The monoisotopic (exact) mass is 332 g/mol. The van der Waals surface area contributed by atoms with Crippen molar-refractivity contribution in [2.45, 2.75) is 45.6 Å². The molecule has 0 radical (unpaired) electrons. The molecule has 1 aromatic carbocycles. The minimum Gasteiger partial charge on any atom is -0.462 e. The number of hydrogen-bond acceptors (Lipinski definition) is 4. The Bertz CT molecular complexity index is 592. The van der Waals surface area contributed by atoms with Crippen molar-refractivity contribution in [2.75, 3.05) is 18.1 Å². The lowest BCUT2D eigenvalue weighted by molar-refractivity contribution is -0.123. The highest BCUT2D eigenvalue weighted by Gasteiger charge is 2.21. The van der Waals surface area contributed by atoms with Gasteiger partial charge in [0.15, 0.2) is 0 Å². The SMILES string of the molecule is CCOC(=O)c1ccc(N(CC(=O)NC2CCCC2)C(C)=O)cc1. The van der Waals surface area contributed by atoms with Gasteiger partial charge in [0.25, 0.3) is 0 Å². The molecule has 1 N–H and O–H groups in total. The van der Waals surface area contributed by atoms with Crippen LogP contribution in [0.5, 0.6) is 0 Å². The summed E-state index contributed by atoms with van der Waals surface area (Å²) in [6.45, 7) is 3.45. The van der Waals surface area contributed by atoms with Crippen molar-refractivity contribution in [2.24, 2.45) is 0 Å². The van der Waals surface area contributed by atoms with Crippen molar-refractivity contribution in [3.05, 3.63) is 29.8 Å². The van der Waals surface area contributed by atoms with Crippen molar-refractivity contribution in [1.82, 2.24) is 5.32 Å². The highest BCUT2D eigenvalue weighted by atomic mass is 16.5. The Labute approximate surface area is 142 Å². The molecule has 0 saturated heterocycles. The predicted octanol–water partition coefficient (Wildman–Crippen LogP) is 2.28. The number of amides is 2. The van der Waals surface area contributed by atoms with Crippen molar-refractivity contribution in [3.63, 3.8) is 0 Å². The van der Waals surface area contributed by atoms with E-state index in [1.165, 1.54) is 11.8 Å². The first-order valence-electron chi connectivity index (χ1n) is 8.36. The molecule has 0 aliphatic heterocycles. The molecule has 0 heterocycles. The number of hydrogen-bond donors (Lipinski definition) is 1. The first kappa shape index (κ1) is 18.0. The van der Waals surface area contributed by atoms with E-state index in [0.717, 1.165) is 25.7 Å². The lowest BCUT2D eigenvalue weighted by atomic mass is 10.2. The van der Waals surface area contributed by atoms with E-state index in [1.54, 1.807) is 31.2 Å². The number of carbonyl (C=O) groups excluding carboxylic acids is 3. The number of carbonyl (C=O) groups is 3. The summed E-state index contributed by atoms with van der Waals surface area (Å²) >= 11 is 0. The zero-order chi connectivity index (χ0) is 17.5. The maximum atomic E-state index is 12.2. The van der Waals surface area contributed by atoms with Crippen LogP contribution in [-0.4, -0.2) is 37.0 Å². The maximum absolute atomic E-state index is 12.2. The molecule has 1 aliphatic rings. The van der Waals surface area contributed by atoms with E-state index in [1.807, 2.05) is 0 Å². The van der Waals surface area contributed by atoms with Crippen LogP contribution in [-0.2, 0) is 14.3 Å². The van der Waals surface area contributed by atoms with Gasteiger partial charge in [0.2, 0.25) is 11.8 Å². The topological polar surface area (TPSA) is 75.7 Å². The van der Waals surface area contributed by atoms with Crippen LogP contribution in [0.3, 0.4) is 0 Å². The van der Waals surface area contributed by atoms with E-state index >= 15 is 0 Å². The summed E-state index contributed by atoms with van der Waals surface area (Å²) in [6.07, 6.45) is 4.27. The van der Waals surface area contributed by atoms with E-state index in [-0.39, 0.29) is 24.4 Å². The molecular weight excluding hydrogens is 308 g/mol. The van der Waals surface area contributed by atoms with Crippen molar-refractivity contribution < 1.29 is 19.1 Å². The molecule has 24 heavy (non-hydrogen) atoms. The predicted molar refractivity (Wildman–Crippen MR) is 90.8 cm³/mol. The molecule has 0 unspecified atom stereocenters. The first-order chi connectivity index (χ1) is 11.5. The van der Waals surface area contributed by atoms with Gasteiger partial charge in [-0.25, -0.2) is 4.79 Å². The van der Waals surface area contributed by atoms with E-state index < -0.39 is 5.97 Å². The van der Waals surface area contributed by atoms with Crippen LogP contribution >= 0.6 is 0 Å². The van der Waals surface area contributed by atoms with Gasteiger partial charge in [-0.05, 0) is 44.0 Å². The van der Waals surface area contributed by atoms with Gasteiger partial charge in [-0.3, -0.25) is 9.59 Å². The van der Waals surface area contributed by atoms with E-state index in [2.05, 4.69) is 5.32 Å². The van der Waals surface area contributed by atoms with Crippen LogP contribution in [0.25, 0.3) is 0 Å². The second-order valence-corrected chi connectivity index (χ2v) is 5.92. The van der Waals surface area contributed by atoms with E-state index in [0.29, 0.717) is 17.9 Å². The smallest absolute Gasteiger partial charge is 0.338 e. The molecule has 2 rings (SSSR count). The fourth-order valence-electron chi connectivity index (χ4n) is 2.86. The fraction of sp³-hybridized carbons (Fsp3) is 0.500. The lowest BCUT2D eigenvalue weighted by Crippen LogP contribution is -2.43. The summed E-state index contributed by atoms with van der Waals surface area (Å²) in [4.78, 5) is 37.1. The second-order valence-electron chi connectivity index (χ2n) is 5.92. The van der Waals surface area contributed by atoms with Crippen molar-refractivity contribution >= 4 is 23.5 Å². The number of esters is 1. The Hall–Kier alpha value is -2.37. The molecule has 1 saturated carbocycles. The number of ether oxygens (including phenoxy) is 1. The molecule has 1 aliphatic carbocycles. The molecule has 0 spiro atoms. The van der Waals surface area contributed by atoms with Crippen LogP contribution < -0.4 is 10.2 Å². The Balaban J connectivity index is 2.02. The van der Waals surface area contributed by atoms with Crippen LogP contribution in [0.15, 0.2) is 24.3 Å². The minimum absolute atomic E-state index is 0.0232. The summed E-state index contributed by atoms with van der Waals surface area (Å²) < 4.78 is 4.93. The average molecular weight is 332 g/mol. The molecule has 2 amide bonds. The number of nitrogens with one attached hydrogen (secondary N) is 1. The largest absolute Gasteiger partial charge is 0.462 e. The molecule has 130 valence electrons. The Morgan fingerprint density at radius 1 is 1.17 bits per heavy atom. The van der Waals surface area contributed by atoms with Crippen LogP contribution in [0.4, 0.5) is 5.69 Å². The van der Waals surface area contributed by atoms with Crippen LogP contribution in [0.2, 0.25) is 0 Å². The summed E-state index contributed by atoms with van der Waals surface area (Å²) in [5.74, 6) is -0.788. The third-order valence-corrected chi connectivity index (χ3v) is 4.09. The molecule has 0 bridgehead atoms. The van der Waals surface area contributed by atoms with Gasteiger partial charge in [0.1, 0.15) is 6.54 Å². The quantitative estimate of drug-likeness (QED) is 0.811. The van der Waals surface area contributed by atoms with Crippen molar-refractivity contribution in [3.8, 4) is 0 Å². The molecule has 1 aromatic rings. The number of rotatable bonds is 6. The van der Waals surface area contributed by atoms with Gasteiger partial charge in [0.05, 0.1) is 12.2 Å². The van der Waals surface area contributed by atoms with Gasteiger partial charge in [0, 0.05) is 18.7 Å².